The van der Waals surface area contributed by atoms with Crippen LogP contribution in [0.25, 0.3) is 6.08 Å². The molecule has 6 heteroatoms. The van der Waals surface area contributed by atoms with E-state index in [4.69, 9.17) is 15.9 Å². The molecular formula is C23H20N2O3S. The predicted octanol–water partition coefficient (Wildman–Crippen LogP) is 4.69. The van der Waals surface area contributed by atoms with Crippen molar-refractivity contribution in [1.82, 2.24) is 4.98 Å². The molecule has 5 nitrogen and oxygen atoms in total. The molecular weight excluding hydrogens is 384 g/mol. The Bertz CT molecular complexity index is 1050. The van der Waals surface area contributed by atoms with Gasteiger partial charge in [-0.3, -0.25) is 4.79 Å². The zero-order valence-corrected chi connectivity index (χ0v) is 16.7. The van der Waals surface area contributed by atoms with E-state index < -0.39 is 0 Å². The number of hydrogen-bond acceptors (Lipinski definition) is 5. The average molecular weight is 404 g/mol. The molecule has 29 heavy (non-hydrogen) atoms. The Hall–Kier alpha value is -3.56. The van der Waals surface area contributed by atoms with Crippen LogP contribution in [0.1, 0.15) is 16.3 Å². The number of aromatic nitrogens is 1. The number of carbonyl (C=O) groups is 1. The summed E-state index contributed by atoms with van der Waals surface area (Å²) in [6, 6.07) is 14.6. The fourth-order valence-corrected chi connectivity index (χ4v) is 3.08. The Labute approximate surface area is 174 Å². The summed E-state index contributed by atoms with van der Waals surface area (Å²) < 4.78 is 11.1. The van der Waals surface area contributed by atoms with Crippen molar-refractivity contribution in [2.75, 3.05) is 11.9 Å². The molecule has 1 aromatic heterocycles. The summed E-state index contributed by atoms with van der Waals surface area (Å²) >= 11 is 1.60. The number of terminal acetylenes is 1. The van der Waals surface area contributed by atoms with Crippen molar-refractivity contribution < 1.29 is 14.3 Å². The first-order valence-electron chi connectivity index (χ1n) is 8.91. The molecule has 0 atom stereocenters. The standard InChI is InChI=1S/C23H20N2O3S/c1-3-12-27-22-9-5-7-19(14-22)25-23(26)11-10-18-6-4-8-21(13-18)28-15-20-16-29-17(2)24-20/h1,4-11,13-14,16H,12,15H2,2H3,(H,25,26). The van der Waals surface area contributed by atoms with Gasteiger partial charge in [-0.25, -0.2) is 4.98 Å². The Kier molecular flexibility index (Phi) is 7.04. The van der Waals surface area contributed by atoms with Crippen LogP contribution in [0.4, 0.5) is 5.69 Å². The van der Waals surface area contributed by atoms with Gasteiger partial charge in [0.05, 0.1) is 10.7 Å². The number of nitrogens with one attached hydrogen (secondary N) is 1. The van der Waals surface area contributed by atoms with Gasteiger partial charge in [0.15, 0.2) is 0 Å². The van der Waals surface area contributed by atoms with Crippen LogP contribution in [0.2, 0.25) is 0 Å². The van der Waals surface area contributed by atoms with Crippen LogP contribution in [-0.4, -0.2) is 17.5 Å². The van der Waals surface area contributed by atoms with E-state index in [-0.39, 0.29) is 12.5 Å². The number of thiazole rings is 1. The Morgan fingerprint density at radius 3 is 2.76 bits per heavy atom. The van der Waals surface area contributed by atoms with E-state index in [2.05, 4.69) is 16.2 Å². The van der Waals surface area contributed by atoms with Gasteiger partial charge in [0, 0.05) is 23.2 Å². The van der Waals surface area contributed by atoms with E-state index >= 15 is 0 Å². The molecule has 0 unspecified atom stereocenters. The first kappa shape index (κ1) is 20.2. The van der Waals surface area contributed by atoms with Crippen molar-refractivity contribution in [1.29, 1.82) is 0 Å². The van der Waals surface area contributed by atoms with Gasteiger partial charge in [-0.1, -0.05) is 24.1 Å². The molecule has 2 aromatic carbocycles. The molecule has 1 amide bonds. The van der Waals surface area contributed by atoms with Gasteiger partial charge < -0.3 is 14.8 Å². The number of ether oxygens (including phenoxy) is 2. The van der Waals surface area contributed by atoms with Crippen molar-refractivity contribution in [2.45, 2.75) is 13.5 Å². The van der Waals surface area contributed by atoms with Crippen molar-refractivity contribution in [2.24, 2.45) is 0 Å². The summed E-state index contributed by atoms with van der Waals surface area (Å²) in [4.78, 5) is 16.6. The molecule has 0 aliphatic heterocycles. The van der Waals surface area contributed by atoms with Crippen LogP contribution in [0, 0.1) is 19.3 Å². The molecule has 3 aromatic rings. The Morgan fingerprint density at radius 2 is 2.00 bits per heavy atom. The number of benzene rings is 2. The minimum atomic E-state index is -0.247. The van der Waals surface area contributed by atoms with Crippen LogP contribution < -0.4 is 14.8 Å². The van der Waals surface area contributed by atoms with Crippen LogP contribution >= 0.6 is 11.3 Å². The van der Waals surface area contributed by atoms with Gasteiger partial charge in [0.25, 0.3) is 0 Å². The van der Waals surface area contributed by atoms with E-state index in [0.717, 1.165) is 22.0 Å². The molecule has 0 bridgehead atoms. The largest absolute Gasteiger partial charge is 0.487 e. The fraction of sp³-hybridized carbons (Fsp3) is 0.130. The number of nitrogens with zero attached hydrogens (tertiary/aromatic N) is 1. The first-order chi connectivity index (χ1) is 14.1. The Morgan fingerprint density at radius 1 is 1.21 bits per heavy atom. The van der Waals surface area contributed by atoms with Crippen LogP contribution in [0.3, 0.4) is 0 Å². The lowest BCUT2D eigenvalue weighted by Gasteiger charge is -2.06. The van der Waals surface area contributed by atoms with Gasteiger partial charge in [0.1, 0.15) is 24.7 Å². The highest BCUT2D eigenvalue weighted by molar-refractivity contribution is 7.09. The van der Waals surface area contributed by atoms with E-state index in [9.17, 15) is 4.79 Å². The third kappa shape index (κ3) is 6.52. The third-order valence-corrected chi connectivity index (χ3v) is 4.58. The zero-order valence-electron chi connectivity index (χ0n) is 15.9. The highest BCUT2D eigenvalue weighted by atomic mass is 32.1. The summed E-state index contributed by atoms with van der Waals surface area (Å²) in [6.07, 6.45) is 8.38. The van der Waals surface area contributed by atoms with Gasteiger partial charge in [-0.05, 0) is 42.8 Å². The molecule has 3 rings (SSSR count). The lowest BCUT2D eigenvalue weighted by atomic mass is 10.2. The van der Waals surface area contributed by atoms with Gasteiger partial charge in [-0.15, -0.1) is 17.8 Å². The number of rotatable bonds is 8. The fourth-order valence-electron chi connectivity index (χ4n) is 2.48. The SMILES string of the molecule is C#CCOc1cccc(NC(=O)C=Cc2cccc(OCc3csc(C)n3)c2)c1. The number of amides is 1. The second kappa shape index (κ2) is 10.1. The highest BCUT2D eigenvalue weighted by Gasteiger charge is 2.02. The summed E-state index contributed by atoms with van der Waals surface area (Å²) in [7, 11) is 0. The number of anilines is 1. The summed E-state index contributed by atoms with van der Waals surface area (Å²) in [5.41, 5.74) is 2.39. The number of aryl methyl sites for hydroxylation is 1. The van der Waals surface area contributed by atoms with Crippen LogP contribution in [0.15, 0.2) is 60.0 Å². The molecule has 1 N–H and O–H groups in total. The van der Waals surface area contributed by atoms with Crippen LogP contribution in [0.5, 0.6) is 11.5 Å². The van der Waals surface area contributed by atoms with Crippen LogP contribution in [-0.2, 0) is 11.4 Å². The molecule has 0 radical (unpaired) electrons. The van der Waals surface area contributed by atoms with E-state index in [1.165, 1.54) is 6.08 Å². The second-order valence-electron chi connectivity index (χ2n) is 6.06. The molecule has 0 aliphatic carbocycles. The summed E-state index contributed by atoms with van der Waals surface area (Å²) in [5.74, 6) is 3.48. The lowest BCUT2D eigenvalue weighted by molar-refractivity contribution is -0.111. The zero-order chi connectivity index (χ0) is 20.5. The molecule has 0 saturated carbocycles. The summed E-state index contributed by atoms with van der Waals surface area (Å²) in [6.45, 7) is 2.55. The van der Waals surface area contributed by atoms with Gasteiger partial charge in [-0.2, -0.15) is 0 Å². The topological polar surface area (TPSA) is 60.5 Å². The van der Waals surface area contributed by atoms with Crippen molar-refractivity contribution in [3.05, 3.63) is 76.3 Å². The molecule has 0 spiro atoms. The molecule has 1 heterocycles. The molecule has 0 saturated heterocycles. The maximum atomic E-state index is 12.2. The first-order valence-corrected chi connectivity index (χ1v) is 9.79. The Balaban J connectivity index is 1.56. The van der Waals surface area contributed by atoms with E-state index in [1.807, 2.05) is 36.6 Å². The molecule has 146 valence electrons. The van der Waals surface area contributed by atoms with Gasteiger partial charge >= 0.3 is 0 Å². The predicted molar refractivity (Wildman–Crippen MR) is 116 cm³/mol. The second-order valence-corrected chi connectivity index (χ2v) is 7.12. The minimum Gasteiger partial charge on any atom is -0.487 e. The normalized spacial score (nSPS) is 10.5. The lowest BCUT2D eigenvalue weighted by Crippen LogP contribution is -2.07. The average Bonchev–Trinajstić information content (AvgIpc) is 3.15. The van der Waals surface area contributed by atoms with E-state index in [1.54, 1.807) is 41.7 Å². The molecule has 0 aliphatic rings. The quantitative estimate of drug-likeness (QED) is 0.437. The minimum absolute atomic E-state index is 0.178. The number of hydrogen-bond donors (Lipinski definition) is 1. The maximum Gasteiger partial charge on any atom is 0.248 e. The van der Waals surface area contributed by atoms with Gasteiger partial charge in [0.2, 0.25) is 5.91 Å². The van der Waals surface area contributed by atoms with E-state index in [0.29, 0.717) is 18.0 Å². The smallest absolute Gasteiger partial charge is 0.248 e. The maximum absolute atomic E-state index is 12.2. The number of carbonyl (C=O) groups excluding carboxylic acids is 1. The molecule has 0 fully saturated rings. The van der Waals surface area contributed by atoms with Crippen molar-refractivity contribution >= 4 is 29.0 Å². The third-order valence-electron chi connectivity index (χ3n) is 3.76. The summed E-state index contributed by atoms with van der Waals surface area (Å²) in [5, 5.41) is 5.79. The monoisotopic (exact) mass is 404 g/mol. The van der Waals surface area contributed by atoms with Crippen molar-refractivity contribution in [3.63, 3.8) is 0 Å². The highest BCUT2D eigenvalue weighted by Crippen LogP contribution is 2.19. The van der Waals surface area contributed by atoms with Crippen molar-refractivity contribution in [3.8, 4) is 23.8 Å².